The summed E-state index contributed by atoms with van der Waals surface area (Å²) in [4.78, 5) is 28.7. The molecule has 0 aliphatic carbocycles. The molecule has 2 heterocycles. The number of para-hydroxylation sites is 1. The number of carbonyl (C=O) groups is 2. The number of hydrogen-bond donors (Lipinski definition) is 1. The molecule has 0 bridgehead atoms. The Balaban J connectivity index is 0.00000216. The van der Waals surface area contributed by atoms with Crippen LogP contribution in [0.15, 0.2) is 97.3 Å². The SMILES string of the molecule is C=C/C=C(\C=C/C)C1c2cnn(-c3ccccc3)c2N(CC)C(=O)C1NC(=O)c1cccc(C(F)(F)F)c1.CC. The fourth-order valence-electron chi connectivity index (χ4n) is 4.67. The second-order valence-electron chi connectivity index (χ2n) is 8.66. The molecule has 1 aromatic heterocycles. The lowest BCUT2D eigenvalue weighted by Gasteiger charge is -2.38. The molecule has 2 aromatic carbocycles. The van der Waals surface area contributed by atoms with Crippen LogP contribution >= 0.6 is 0 Å². The van der Waals surface area contributed by atoms with Gasteiger partial charge >= 0.3 is 6.18 Å². The Morgan fingerprint density at radius 2 is 1.82 bits per heavy atom. The summed E-state index contributed by atoms with van der Waals surface area (Å²) >= 11 is 0. The molecule has 0 radical (unpaired) electrons. The number of amides is 2. The first-order valence-corrected chi connectivity index (χ1v) is 13.1. The van der Waals surface area contributed by atoms with Crippen LogP contribution in [0.4, 0.5) is 19.0 Å². The molecule has 40 heavy (non-hydrogen) atoms. The van der Waals surface area contributed by atoms with E-state index in [1.54, 1.807) is 29.1 Å². The van der Waals surface area contributed by atoms with Gasteiger partial charge in [0.25, 0.3) is 11.8 Å². The molecule has 4 rings (SSSR count). The van der Waals surface area contributed by atoms with Crippen LogP contribution in [-0.2, 0) is 11.0 Å². The van der Waals surface area contributed by atoms with E-state index in [0.717, 1.165) is 17.8 Å². The predicted octanol–water partition coefficient (Wildman–Crippen LogP) is 6.85. The number of likely N-dealkylation sites (N-methyl/N-ethyl adjacent to an activating group) is 1. The minimum Gasteiger partial charge on any atom is -0.339 e. The predicted molar refractivity (Wildman–Crippen MR) is 151 cm³/mol. The van der Waals surface area contributed by atoms with Gasteiger partial charge in [-0.2, -0.15) is 18.3 Å². The first-order chi connectivity index (χ1) is 19.2. The molecule has 1 aliphatic rings. The van der Waals surface area contributed by atoms with E-state index in [2.05, 4.69) is 17.0 Å². The van der Waals surface area contributed by atoms with Crippen molar-refractivity contribution in [2.24, 2.45) is 0 Å². The zero-order valence-corrected chi connectivity index (χ0v) is 22.9. The molecule has 2 atom stereocenters. The number of benzene rings is 2. The third-order valence-corrected chi connectivity index (χ3v) is 6.31. The summed E-state index contributed by atoms with van der Waals surface area (Å²) in [7, 11) is 0. The maximum atomic E-state index is 13.9. The number of nitrogens with one attached hydrogen (secondary N) is 1. The number of hydrogen-bond acceptors (Lipinski definition) is 3. The van der Waals surface area contributed by atoms with Crippen LogP contribution in [-0.4, -0.2) is 34.2 Å². The zero-order valence-electron chi connectivity index (χ0n) is 22.9. The van der Waals surface area contributed by atoms with Crippen LogP contribution in [0.1, 0.15) is 55.1 Å². The van der Waals surface area contributed by atoms with Crippen molar-refractivity contribution < 1.29 is 22.8 Å². The molecule has 6 nitrogen and oxygen atoms in total. The van der Waals surface area contributed by atoms with Crippen LogP contribution in [0.5, 0.6) is 0 Å². The van der Waals surface area contributed by atoms with E-state index >= 15 is 0 Å². The van der Waals surface area contributed by atoms with Crippen LogP contribution in [0.3, 0.4) is 0 Å². The average molecular weight is 551 g/mol. The highest BCUT2D eigenvalue weighted by Gasteiger charge is 2.44. The van der Waals surface area contributed by atoms with E-state index in [1.807, 2.05) is 64.1 Å². The van der Waals surface area contributed by atoms with Crippen molar-refractivity contribution in [3.05, 3.63) is 114 Å². The summed E-state index contributed by atoms with van der Waals surface area (Å²) in [5.74, 6) is -1.28. The number of rotatable bonds is 7. The summed E-state index contributed by atoms with van der Waals surface area (Å²) in [6, 6.07) is 12.4. The Kier molecular flexibility index (Phi) is 9.87. The van der Waals surface area contributed by atoms with Crippen LogP contribution in [0.25, 0.3) is 5.69 Å². The largest absolute Gasteiger partial charge is 0.416 e. The number of carbonyl (C=O) groups excluding carboxylic acids is 2. The van der Waals surface area contributed by atoms with Gasteiger partial charge in [-0.05, 0) is 49.8 Å². The van der Waals surface area contributed by atoms with Gasteiger partial charge in [0.1, 0.15) is 11.9 Å². The van der Waals surface area contributed by atoms with Crippen LogP contribution < -0.4 is 10.2 Å². The molecule has 2 amide bonds. The summed E-state index contributed by atoms with van der Waals surface area (Å²) in [5, 5.41) is 7.29. The minimum absolute atomic E-state index is 0.194. The van der Waals surface area contributed by atoms with E-state index in [9.17, 15) is 22.8 Å². The summed E-state index contributed by atoms with van der Waals surface area (Å²) in [5.41, 5.74) is 0.996. The van der Waals surface area contributed by atoms with Gasteiger partial charge in [-0.3, -0.25) is 14.5 Å². The maximum Gasteiger partial charge on any atom is 0.416 e. The number of nitrogens with zero attached hydrogens (tertiary/aromatic N) is 3. The quantitative estimate of drug-likeness (QED) is 0.327. The Labute approximate surface area is 232 Å². The van der Waals surface area contributed by atoms with E-state index in [4.69, 9.17) is 0 Å². The Bertz CT molecular complexity index is 1410. The topological polar surface area (TPSA) is 67.2 Å². The normalized spacial score (nSPS) is 17.2. The van der Waals surface area contributed by atoms with Gasteiger partial charge in [-0.25, -0.2) is 4.68 Å². The first-order valence-electron chi connectivity index (χ1n) is 13.1. The van der Waals surface area contributed by atoms with Gasteiger partial charge < -0.3 is 5.32 Å². The summed E-state index contributed by atoms with van der Waals surface area (Å²) < 4.78 is 41.5. The van der Waals surface area contributed by atoms with Crippen molar-refractivity contribution in [2.45, 2.75) is 45.8 Å². The smallest absolute Gasteiger partial charge is 0.339 e. The minimum atomic E-state index is -4.61. The Morgan fingerprint density at radius 3 is 2.42 bits per heavy atom. The average Bonchev–Trinajstić information content (AvgIpc) is 3.39. The van der Waals surface area contributed by atoms with Gasteiger partial charge in [0.15, 0.2) is 0 Å². The van der Waals surface area contributed by atoms with Crippen molar-refractivity contribution in [1.82, 2.24) is 15.1 Å². The molecule has 0 saturated heterocycles. The number of halogens is 3. The molecule has 1 N–H and O–H groups in total. The highest BCUT2D eigenvalue weighted by molar-refractivity contribution is 6.05. The summed E-state index contributed by atoms with van der Waals surface area (Å²) in [6.07, 6.45) is 4.00. The lowest BCUT2D eigenvalue weighted by molar-refractivity contribution is -0.137. The zero-order chi connectivity index (χ0) is 29.4. The molecule has 0 fully saturated rings. The number of allylic oxidation sites excluding steroid dienone is 4. The second kappa shape index (κ2) is 13.1. The Hall–Kier alpha value is -4.40. The van der Waals surface area contributed by atoms with Gasteiger partial charge in [-0.15, -0.1) is 0 Å². The van der Waals surface area contributed by atoms with Gasteiger partial charge in [0.2, 0.25) is 0 Å². The van der Waals surface area contributed by atoms with Crippen molar-refractivity contribution in [1.29, 1.82) is 0 Å². The molecule has 9 heteroatoms. The molecule has 0 spiro atoms. The van der Waals surface area contributed by atoms with E-state index < -0.39 is 35.5 Å². The molecule has 2 unspecified atom stereocenters. The third kappa shape index (κ3) is 6.09. The summed E-state index contributed by atoms with van der Waals surface area (Å²) in [6.45, 7) is 11.7. The number of anilines is 1. The number of aromatic nitrogens is 2. The molecular formula is C31H33F3N4O2. The highest BCUT2D eigenvalue weighted by atomic mass is 19.4. The van der Waals surface area contributed by atoms with Crippen molar-refractivity contribution >= 4 is 17.6 Å². The van der Waals surface area contributed by atoms with Crippen molar-refractivity contribution in [2.75, 3.05) is 11.4 Å². The monoisotopic (exact) mass is 550 g/mol. The third-order valence-electron chi connectivity index (χ3n) is 6.31. The van der Waals surface area contributed by atoms with E-state index in [0.29, 0.717) is 17.0 Å². The lowest BCUT2D eigenvalue weighted by Crippen LogP contribution is -2.55. The Morgan fingerprint density at radius 1 is 1.12 bits per heavy atom. The van der Waals surface area contributed by atoms with Gasteiger partial charge in [0, 0.05) is 23.6 Å². The van der Waals surface area contributed by atoms with Crippen molar-refractivity contribution in [3.8, 4) is 5.69 Å². The van der Waals surface area contributed by atoms with Crippen LogP contribution in [0, 0.1) is 0 Å². The van der Waals surface area contributed by atoms with Gasteiger partial charge in [-0.1, -0.05) is 69.0 Å². The first kappa shape index (κ1) is 30.1. The maximum absolute atomic E-state index is 13.9. The number of alkyl halides is 3. The van der Waals surface area contributed by atoms with E-state index in [1.165, 1.54) is 17.0 Å². The lowest BCUT2D eigenvalue weighted by atomic mass is 9.81. The fraction of sp³-hybridized carbons (Fsp3) is 0.258. The standard InChI is InChI=1S/C29H27F3N4O2.C2H6/c1-4-11-19(12-5-2)24-23-18-33-36(22-15-8-7-9-16-22)27(23)35(6-3)28(38)25(24)34-26(37)20-13-10-14-21(17-20)29(30,31)32;1-2/h4-5,7-18,24-25H,1,6H2,2-3H3,(H,34,37);1-2H3/b12-5-,19-11+;. The van der Waals surface area contributed by atoms with Gasteiger partial charge in [0.05, 0.1) is 17.4 Å². The molecule has 0 saturated carbocycles. The van der Waals surface area contributed by atoms with Crippen LogP contribution in [0.2, 0.25) is 0 Å². The molecule has 1 aliphatic heterocycles. The second-order valence-corrected chi connectivity index (χ2v) is 8.66. The molecule has 3 aromatic rings. The van der Waals surface area contributed by atoms with E-state index in [-0.39, 0.29) is 12.1 Å². The fourth-order valence-corrected chi connectivity index (χ4v) is 4.67. The number of fused-ring (bicyclic) bond motifs is 1. The molecular weight excluding hydrogens is 517 g/mol. The van der Waals surface area contributed by atoms with Crippen molar-refractivity contribution in [3.63, 3.8) is 0 Å². The molecule has 210 valence electrons. The highest BCUT2D eigenvalue weighted by Crippen LogP contribution is 2.42.